The molecule has 1 fully saturated rings. The minimum atomic E-state index is -0.493. The van der Waals surface area contributed by atoms with Gasteiger partial charge in [-0.25, -0.2) is 4.99 Å². The van der Waals surface area contributed by atoms with Crippen molar-refractivity contribution >= 4 is 23.5 Å². The van der Waals surface area contributed by atoms with Crippen LogP contribution in [0.1, 0.15) is 61.9 Å². The Morgan fingerprint density at radius 1 is 1.16 bits per heavy atom. The molecule has 0 saturated heterocycles. The van der Waals surface area contributed by atoms with E-state index < -0.39 is 5.66 Å². The number of carbonyl (C=O) groups excluding carboxylic acids is 1. The minimum Gasteiger partial charge on any atom is -0.369 e. The number of fused-ring (bicyclic) bond motifs is 1. The van der Waals surface area contributed by atoms with Gasteiger partial charge in [-0.15, -0.1) is 0 Å². The maximum atomic E-state index is 12.4. The lowest BCUT2D eigenvalue weighted by Gasteiger charge is -2.45. The number of aliphatic imine (C=N–C) groups is 2. The zero-order chi connectivity index (χ0) is 17.8. The molecule has 1 aromatic rings. The Balaban J connectivity index is 1.82. The first-order valence-electron chi connectivity index (χ1n) is 8.79. The molecule has 7 nitrogen and oxygen atoms in total. The highest BCUT2D eigenvalue weighted by Gasteiger charge is 2.43. The molecule has 0 aromatic heterocycles. The van der Waals surface area contributed by atoms with Crippen molar-refractivity contribution in [3.05, 3.63) is 29.3 Å². The molecule has 7 heteroatoms. The highest BCUT2D eigenvalue weighted by Crippen LogP contribution is 2.41. The molecule has 2 aliphatic heterocycles. The zero-order valence-corrected chi connectivity index (χ0v) is 14.7. The van der Waals surface area contributed by atoms with E-state index >= 15 is 0 Å². The number of nitrogens with zero attached hydrogens (tertiary/aromatic N) is 3. The van der Waals surface area contributed by atoms with Gasteiger partial charge in [0.2, 0.25) is 11.9 Å². The topological polar surface area (TPSA) is 109 Å². The number of amides is 1. The van der Waals surface area contributed by atoms with Gasteiger partial charge in [-0.3, -0.25) is 9.69 Å². The average molecular weight is 340 g/mol. The van der Waals surface area contributed by atoms with Crippen LogP contribution < -0.4 is 21.7 Å². The van der Waals surface area contributed by atoms with E-state index in [1.54, 1.807) is 0 Å². The van der Waals surface area contributed by atoms with Crippen molar-refractivity contribution in [1.82, 2.24) is 5.32 Å². The van der Waals surface area contributed by atoms with Crippen LogP contribution >= 0.6 is 0 Å². The van der Waals surface area contributed by atoms with Gasteiger partial charge in [0, 0.05) is 11.3 Å². The van der Waals surface area contributed by atoms with Gasteiger partial charge in [0.25, 0.3) is 5.91 Å². The first-order chi connectivity index (χ1) is 11.8. The van der Waals surface area contributed by atoms with E-state index in [2.05, 4.69) is 15.3 Å². The predicted octanol–water partition coefficient (Wildman–Crippen LogP) is 1.77. The van der Waals surface area contributed by atoms with E-state index in [9.17, 15) is 4.79 Å². The molecule has 0 radical (unpaired) electrons. The van der Waals surface area contributed by atoms with E-state index in [1.807, 2.05) is 36.9 Å². The monoisotopic (exact) mass is 340 g/mol. The van der Waals surface area contributed by atoms with E-state index in [0.717, 1.165) is 36.9 Å². The third kappa shape index (κ3) is 2.37. The average Bonchev–Trinajstić information content (AvgIpc) is 2.76. The van der Waals surface area contributed by atoms with Crippen molar-refractivity contribution in [3.8, 4) is 0 Å². The lowest BCUT2D eigenvalue weighted by Crippen LogP contribution is -2.58. The first-order valence-corrected chi connectivity index (χ1v) is 8.79. The fourth-order valence-electron chi connectivity index (χ4n) is 4.32. The summed E-state index contributed by atoms with van der Waals surface area (Å²) in [6, 6.07) is 5.89. The largest absolute Gasteiger partial charge is 0.369 e. The number of nitrogens with one attached hydrogen (secondary N) is 1. The molecule has 2 heterocycles. The van der Waals surface area contributed by atoms with Gasteiger partial charge in [0.1, 0.15) is 5.66 Å². The standard InChI is InChI=1S/C18H24N6O/c1-17(2)13-7-6-11(10-12(13)14(25)22-17)24-16(20)21-15(19)23-18(24)8-4-3-5-9-18/h6-7,10H,3-5,8-9H2,1-2H3,(H,22,25)(H4,19,20,21,23). The molecule has 1 amide bonds. The van der Waals surface area contributed by atoms with Crippen molar-refractivity contribution in [1.29, 1.82) is 0 Å². The second-order valence-electron chi connectivity index (χ2n) is 7.63. The molecule has 3 aliphatic rings. The smallest absolute Gasteiger partial charge is 0.252 e. The number of guanidine groups is 2. The summed E-state index contributed by atoms with van der Waals surface area (Å²) in [7, 11) is 0. The molecule has 1 aromatic carbocycles. The van der Waals surface area contributed by atoms with Gasteiger partial charge in [-0.2, -0.15) is 4.99 Å². The fraction of sp³-hybridized carbons (Fsp3) is 0.500. The van der Waals surface area contributed by atoms with E-state index in [-0.39, 0.29) is 17.4 Å². The molecule has 132 valence electrons. The number of rotatable bonds is 1. The highest BCUT2D eigenvalue weighted by molar-refractivity contribution is 6.07. The molecular weight excluding hydrogens is 316 g/mol. The van der Waals surface area contributed by atoms with Crippen molar-refractivity contribution in [2.45, 2.75) is 57.2 Å². The number of nitrogens with two attached hydrogens (primary N) is 2. The van der Waals surface area contributed by atoms with Crippen molar-refractivity contribution < 1.29 is 4.79 Å². The van der Waals surface area contributed by atoms with Gasteiger partial charge in [0.15, 0.2) is 0 Å². The second-order valence-corrected chi connectivity index (χ2v) is 7.63. The molecule has 1 aliphatic carbocycles. The summed E-state index contributed by atoms with van der Waals surface area (Å²) in [5.74, 6) is 0.512. The number of hydrogen-bond donors (Lipinski definition) is 3. The number of benzene rings is 1. The van der Waals surface area contributed by atoms with Crippen LogP contribution in [-0.2, 0) is 5.54 Å². The van der Waals surface area contributed by atoms with Crippen molar-refractivity contribution in [3.63, 3.8) is 0 Å². The van der Waals surface area contributed by atoms with Crippen LogP contribution in [0, 0.1) is 0 Å². The number of anilines is 1. The Labute approximate surface area is 147 Å². The Kier molecular flexibility index (Phi) is 3.32. The quantitative estimate of drug-likeness (QED) is 0.724. The summed E-state index contributed by atoms with van der Waals surface area (Å²) in [5, 5.41) is 3.01. The summed E-state index contributed by atoms with van der Waals surface area (Å²) in [5.41, 5.74) is 13.8. The summed E-state index contributed by atoms with van der Waals surface area (Å²) in [6.45, 7) is 4.00. The normalized spacial score (nSPS) is 23.8. The lowest BCUT2D eigenvalue weighted by molar-refractivity contribution is 0.0940. The highest BCUT2D eigenvalue weighted by atomic mass is 16.2. The molecule has 4 rings (SSSR count). The molecule has 1 spiro atoms. The van der Waals surface area contributed by atoms with Crippen molar-refractivity contribution in [2.24, 2.45) is 21.5 Å². The zero-order valence-electron chi connectivity index (χ0n) is 14.7. The first kappa shape index (κ1) is 15.9. The van der Waals surface area contributed by atoms with E-state index in [4.69, 9.17) is 11.5 Å². The molecule has 0 atom stereocenters. The Bertz CT molecular complexity index is 804. The number of carbonyl (C=O) groups is 1. The van der Waals surface area contributed by atoms with E-state index in [1.165, 1.54) is 6.42 Å². The SMILES string of the molecule is CC1(C)NC(=O)c2cc(N3C(N)=NC(N)=NC34CCCCC4)ccc21. The molecule has 0 unspecified atom stereocenters. The molecular formula is C18H24N6O. The summed E-state index contributed by atoms with van der Waals surface area (Å²) in [4.78, 5) is 23.2. The van der Waals surface area contributed by atoms with Gasteiger partial charge >= 0.3 is 0 Å². The Hall–Kier alpha value is -2.57. The summed E-state index contributed by atoms with van der Waals surface area (Å²) >= 11 is 0. The molecule has 25 heavy (non-hydrogen) atoms. The van der Waals surface area contributed by atoms with Crippen LogP contribution in [0.3, 0.4) is 0 Å². The number of hydrogen-bond acceptors (Lipinski definition) is 6. The third-order valence-corrected chi connectivity index (χ3v) is 5.46. The minimum absolute atomic E-state index is 0.0601. The lowest BCUT2D eigenvalue weighted by atomic mass is 9.86. The summed E-state index contributed by atoms with van der Waals surface area (Å²) in [6.07, 6.45) is 5.07. The molecule has 5 N–H and O–H groups in total. The van der Waals surface area contributed by atoms with Crippen molar-refractivity contribution in [2.75, 3.05) is 4.90 Å². The van der Waals surface area contributed by atoms with Crippen LogP contribution in [-0.4, -0.2) is 23.5 Å². The van der Waals surface area contributed by atoms with Crippen LogP contribution in [0.15, 0.2) is 28.2 Å². The predicted molar refractivity (Wildman–Crippen MR) is 98.5 cm³/mol. The Morgan fingerprint density at radius 3 is 2.60 bits per heavy atom. The van der Waals surface area contributed by atoms with Gasteiger partial charge < -0.3 is 16.8 Å². The Morgan fingerprint density at radius 2 is 1.88 bits per heavy atom. The van der Waals surface area contributed by atoms with Gasteiger partial charge in [0.05, 0.1) is 5.54 Å². The second kappa shape index (κ2) is 5.21. The maximum Gasteiger partial charge on any atom is 0.252 e. The molecule has 1 saturated carbocycles. The van der Waals surface area contributed by atoms with Gasteiger partial charge in [-0.1, -0.05) is 12.5 Å². The fourth-order valence-corrected chi connectivity index (χ4v) is 4.32. The maximum absolute atomic E-state index is 12.4. The van der Waals surface area contributed by atoms with Crippen LogP contribution in [0.5, 0.6) is 0 Å². The van der Waals surface area contributed by atoms with Crippen LogP contribution in [0.25, 0.3) is 0 Å². The van der Waals surface area contributed by atoms with Gasteiger partial charge in [-0.05, 0) is 57.2 Å². The third-order valence-electron chi connectivity index (χ3n) is 5.46. The van der Waals surface area contributed by atoms with Crippen LogP contribution in [0.4, 0.5) is 5.69 Å². The van der Waals surface area contributed by atoms with E-state index in [0.29, 0.717) is 11.5 Å². The van der Waals surface area contributed by atoms with Crippen LogP contribution in [0.2, 0.25) is 0 Å². The molecule has 0 bridgehead atoms. The summed E-state index contributed by atoms with van der Waals surface area (Å²) < 4.78 is 0.